The number of hydrogen-bond acceptors (Lipinski definition) is 2. The Kier molecular flexibility index (Phi) is 5.93. The highest BCUT2D eigenvalue weighted by Crippen LogP contribution is 2.35. The fraction of sp³-hybridized carbons (Fsp3) is 0.591. The molecule has 0 unspecified atom stereocenters. The molecular formula is C22H28ClFN2O2. The first-order valence-electron chi connectivity index (χ1n) is 10.4. The van der Waals surface area contributed by atoms with Gasteiger partial charge in [0.15, 0.2) is 5.67 Å². The van der Waals surface area contributed by atoms with E-state index in [1.807, 2.05) is 16.7 Å². The summed E-state index contributed by atoms with van der Waals surface area (Å²) in [4.78, 5) is 12.6. The van der Waals surface area contributed by atoms with Crippen molar-refractivity contribution in [3.05, 3.63) is 29.4 Å². The Morgan fingerprint density at radius 2 is 2.00 bits per heavy atom. The van der Waals surface area contributed by atoms with Gasteiger partial charge in [0.2, 0.25) is 5.91 Å². The van der Waals surface area contributed by atoms with Crippen molar-refractivity contribution in [2.45, 2.75) is 63.6 Å². The molecule has 1 aromatic carbocycles. The fourth-order valence-electron chi connectivity index (χ4n) is 4.45. The van der Waals surface area contributed by atoms with Gasteiger partial charge in [-0.3, -0.25) is 4.79 Å². The van der Waals surface area contributed by atoms with Crippen molar-refractivity contribution in [1.29, 1.82) is 0 Å². The summed E-state index contributed by atoms with van der Waals surface area (Å²) in [5, 5.41) is 4.36. The van der Waals surface area contributed by atoms with Gasteiger partial charge in [0, 0.05) is 18.0 Å². The third-order valence-electron chi connectivity index (χ3n) is 6.06. The minimum atomic E-state index is -1.35. The highest BCUT2D eigenvalue weighted by molar-refractivity contribution is 6.36. The van der Waals surface area contributed by atoms with E-state index in [2.05, 4.69) is 5.32 Å². The maximum Gasteiger partial charge on any atom is 0.224 e. The van der Waals surface area contributed by atoms with Crippen molar-refractivity contribution in [3.8, 4) is 0 Å². The average molecular weight is 407 g/mol. The Morgan fingerprint density at radius 3 is 2.68 bits per heavy atom. The number of carbonyl (C=O) groups is 1. The molecule has 0 atom stereocenters. The molecule has 0 radical (unpaired) electrons. The van der Waals surface area contributed by atoms with Crippen LogP contribution in [0.2, 0.25) is 5.02 Å². The summed E-state index contributed by atoms with van der Waals surface area (Å²) in [6.45, 7) is 0.411. The van der Waals surface area contributed by atoms with Crippen LogP contribution < -0.4 is 5.32 Å². The maximum absolute atomic E-state index is 14.6. The molecule has 1 amide bonds. The molecule has 0 spiro atoms. The second kappa shape index (κ2) is 8.42. The SMILES string of the molecule is O=C(CCC1CCCCCC1)Nc1cn(CC2(F)COC2)c2cccc(Cl)c12. The number of anilines is 1. The Hall–Kier alpha value is -1.59. The van der Waals surface area contributed by atoms with E-state index in [0.29, 0.717) is 23.0 Å². The van der Waals surface area contributed by atoms with Crippen LogP contribution in [0, 0.1) is 5.92 Å². The summed E-state index contributed by atoms with van der Waals surface area (Å²) in [6.07, 6.45) is 10.9. The average Bonchev–Trinajstić information content (AvgIpc) is 2.82. The van der Waals surface area contributed by atoms with Gasteiger partial charge in [0.1, 0.15) is 0 Å². The summed E-state index contributed by atoms with van der Waals surface area (Å²) in [7, 11) is 0. The van der Waals surface area contributed by atoms with Crippen molar-refractivity contribution in [2.24, 2.45) is 5.92 Å². The lowest BCUT2D eigenvalue weighted by molar-refractivity contribution is -0.136. The van der Waals surface area contributed by atoms with Crippen molar-refractivity contribution < 1.29 is 13.9 Å². The lowest BCUT2D eigenvalue weighted by atomic mass is 9.95. The van der Waals surface area contributed by atoms with Gasteiger partial charge in [0.05, 0.1) is 36.0 Å². The van der Waals surface area contributed by atoms with E-state index in [1.165, 1.54) is 38.5 Å². The minimum Gasteiger partial charge on any atom is -0.374 e. The van der Waals surface area contributed by atoms with Crippen LogP contribution in [0.1, 0.15) is 51.4 Å². The first-order valence-corrected chi connectivity index (χ1v) is 10.8. The van der Waals surface area contributed by atoms with E-state index >= 15 is 0 Å². The number of aromatic nitrogens is 1. The summed E-state index contributed by atoms with van der Waals surface area (Å²) < 4.78 is 21.5. The predicted molar refractivity (Wildman–Crippen MR) is 111 cm³/mol. The summed E-state index contributed by atoms with van der Waals surface area (Å²) >= 11 is 6.41. The Bertz CT molecular complexity index is 838. The monoisotopic (exact) mass is 406 g/mol. The van der Waals surface area contributed by atoms with Crippen LogP contribution in [-0.4, -0.2) is 29.4 Å². The van der Waals surface area contributed by atoms with E-state index in [4.69, 9.17) is 16.3 Å². The first kappa shape index (κ1) is 19.7. The Labute approximate surface area is 170 Å². The zero-order chi connectivity index (χ0) is 19.6. The normalized spacial score (nSPS) is 19.9. The van der Waals surface area contributed by atoms with Crippen LogP contribution in [0.25, 0.3) is 10.9 Å². The number of hydrogen-bond donors (Lipinski definition) is 1. The number of alkyl halides is 1. The molecule has 2 aliphatic rings. The van der Waals surface area contributed by atoms with E-state index in [9.17, 15) is 9.18 Å². The molecule has 1 aliphatic heterocycles. The van der Waals surface area contributed by atoms with Crippen LogP contribution in [0.15, 0.2) is 24.4 Å². The van der Waals surface area contributed by atoms with Crippen molar-refractivity contribution in [2.75, 3.05) is 18.5 Å². The third kappa shape index (κ3) is 4.36. The second-order valence-corrected chi connectivity index (χ2v) is 8.80. The van der Waals surface area contributed by atoms with Gasteiger partial charge < -0.3 is 14.6 Å². The molecule has 4 rings (SSSR count). The smallest absolute Gasteiger partial charge is 0.224 e. The number of halogens is 2. The largest absolute Gasteiger partial charge is 0.374 e. The van der Waals surface area contributed by atoms with Gasteiger partial charge in [-0.25, -0.2) is 4.39 Å². The molecular weight excluding hydrogens is 379 g/mol. The lowest BCUT2D eigenvalue weighted by Gasteiger charge is -2.34. The van der Waals surface area contributed by atoms with Crippen LogP contribution in [0.3, 0.4) is 0 Å². The Balaban J connectivity index is 1.47. The molecule has 2 aromatic rings. The predicted octanol–water partition coefficient (Wildman–Crippen LogP) is 5.72. The molecule has 2 fully saturated rings. The highest BCUT2D eigenvalue weighted by atomic mass is 35.5. The fourth-order valence-corrected chi connectivity index (χ4v) is 4.73. The molecule has 6 heteroatoms. The number of amides is 1. The van der Waals surface area contributed by atoms with Gasteiger partial charge in [-0.1, -0.05) is 56.2 Å². The van der Waals surface area contributed by atoms with Crippen LogP contribution in [0.5, 0.6) is 0 Å². The molecule has 0 bridgehead atoms. The van der Waals surface area contributed by atoms with Gasteiger partial charge in [-0.2, -0.15) is 0 Å². The minimum absolute atomic E-state index is 0.00477. The van der Waals surface area contributed by atoms with E-state index in [1.54, 1.807) is 12.3 Å². The van der Waals surface area contributed by atoms with Crippen molar-refractivity contribution in [3.63, 3.8) is 0 Å². The van der Waals surface area contributed by atoms with E-state index in [-0.39, 0.29) is 25.7 Å². The van der Waals surface area contributed by atoms with E-state index in [0.717, 1.165) is 17.3 Å². The van der Waals surface area contributed by atoms with Crippen LogP contribution in [-0.2, 0) is 16.1 Å². The zero-order valence-electron chi connectivity index (χ0n) is 16.2. The van der Waals surface area contributed by atoms with Gasteiger partial charge in [0.25, 0.3) is 0 Å². The molecule has 1 saturated carbocycles. The van der Waals surface area contributed by atoms with E-state index < -0.39 is 5.67 Å². The third-order valence-corrected chi connectivity index (χ3v) is 6.37. The van der Waals surface area contributed by atoms with Gasteiger partial charge in [-0.05, 0) is 24.5 Å². The first-order chi connectivity index (χ1) is 13.5. The molecule has 1 aliphatic carbocycles. The topological polar surface area (TPSA) is 43.3 Å². The summed E-state index contributed by atoms with van der Waals surface area (Å²) in [5.41, 5.74) is 0.139. The van der Waals surface area contributed by atoms with Crippen LogP contribution >= 0.6 is 11.6 Å². The Morgan fingerprint density at radius 1 is 1.25 bits per heavy atom. The number of fused-ring (bicyclic) bond motifs is 1. The van der Waals surface area contributed by atoms with Crippen LogP contribution in [0.4, 0.5) is 10.1 Å². The molecule has 28 heavy (non-hydrogen) atoms. The van der Waals surface area contributed by atoms with Gasteiger partial charge >= 0.3 is 0 Å². The zero-order valence-corrected chi connectivity index (χ0v) is 16.9. The quantitative estimate of drug-likeness (QED) is 0.623. The number of nitrogens with zero attached hydrogens (tertiary/aromatic N) is 1. The molecule has 4 nitrogen and oxygen atoms in total. The summed E-state index contributed by atoms with van der Waals surface area (Å²) in [6, 6.07) is 5.55. The number of nitrogens with one attached hydrogen (secondary N) is 1. The van der Waals surface area contributed by atoms with Crippen molar-refractivity contribution in [1.82, 2.24) is 4.57 Å². The second-order valence-electron chi connectivity index (χ2n) is 8.39. The maximum atomic E-state index is 14.6. The highest BCUT2D eigenvalue weighted by Gasteiger charge is 2.39. The number of benzene rings is 1. The van der Waals surface area contributed by atoms with Gasteiger partial charge in [-0.15, -0.1) is 0 Å². The molecule has 1 saturated heterocycles. The molecule has 1 N–H and O–H groups in total. The molecule has 1 aromatic heterocycles. The number of carbonyl (C=O) groups excluding carboxylic acids is 1. The standard InChI is InChI=1S/C22H28ClFN2O2/c23-17-8-5-9-19-21(17)18(12-26(19)13-22(24)14-28-15-22)25-20(27)11-10-16-6-3-1-2-4-7-16/h5,8-9,12,16H,1-4,6-7,10-11,13-15H2,(H,25,27). The molecule has 152 valence electrons. The number of rotatable bonds is 6. The lowest BCUT2D eigenvalue weighted by Crippen LogP contribution is -2.48. The van der Waals surface area contributed by atoms with Crippen molar-refractivity contribution >= 4 is 34.1 Å². The molecule has 2 heterocycles. The summed E-state index contributed by atoms with van der Waals surface area (Å²) in [5.74, 6) is 0.661. The number of ether oxygens (including phenoxy) is 1.